The van der Waals surface area contributed by atoms with Crippen LogP contribution in [0.25, 0.3) is 11.0 Å². The van der Waals surface area contributed by atoms with Crippen molar-refractivity contribution in [3.63, 3.8) is 0 Å². The fourth-order valence-electron chi connectivity index (χ4n) is 17.1. The fraction of sp³-hybridized carbons (Fsp3) is 0.522. The molecule has 2 aliphatic heterocycles. The molecule has 1 aromatic heterocycles. The molecule has 3 heterocycles. The molecule has 71 heavy (non-hydrogen) atoms. The average molecular weight is 939 g/mol. The summed E-state index contributed by atoms with van der Waals surface area (Å²) in [5.74, 6) is 1.27. The van der Waals surface area contributed by atoms with Crippen LogP contribution >= 0.6 is 0 Å². The first-order valence-electron chi connectivity index (χ1n) is 28.4. The highest BCUT2D eigenvalue weighted by Gasteiger charge is 2.52. The van der Waals surface area contributed by atoms with Gasteiger partial charge in [-0.15, -0.1) is 0 Å². The Morgan fingerprint density at radius 1 is 0.493 bits per heavy atom. The molecule has 5 aromatic carbocycles. The number of anilines is 6. The number of hydrogen-bond acceptors (Lipinski definition) is 3. The van der Waals surface area contributed by atoms with Gasteiger partial charge in [-0.05, 0) is 249 Å². The van der Waals surface area contributed by atoms with Gasteiger partial charge in [-0.25, -0.2) is 0 Å². The molecule has 4 heteroatoms. The van der Waals surface area contributed by atoms with Crippen LogP contribution in [0.1, 0.15) is 223 Å². The number of hydrogen-bond donors (Lipinski definition) is 0. The zero-order chi connectivity index (χ0) is 49.3. The fourth-order valence-corrected chi connectivity index (χ4v) is 17.1. The zero-order valence-electron chi connectivity index (χ0n) is 45.7. The average Bonchev–Trinajstić information content (AvgIpc) is 3.44. The Morgan fingerprint density at radius 3 is 1.61 bits per heavy atom. The first-order chi connectivity index (χ1) is 33.5. The van der Waals surface area contributed by atoms with E-state index in [9.17, 15) is 0 Å². The van der Waals surface area contributed by atoms with Crippen molar-refractivity contribution in [1.29, 1.82) is 0 Å². The highest BCUT2D eigenvalue weighted by Crippen LogP contribution is 2.59. The Bertz CT molecular complexity index is 3320. The largest absolute Gasteiger partial charge is 0.468 e. The van der Waals surface area contributed by atoms with E-state index in [0.717, 1.165) is 17.2 Å². The lowest BCUT2D eigenvalue weighted by Gasteiger charge is -2.47. The van der Waals surface area contributed by atoms with Gasteiger partial charge in [0.2, 0.25) is 0 Å². The summed E-state index contributed by atoms with van der Waals surface area (Å²) in [4.78, 5) is 5.45. The van der Waals surface area contributed by atoms with Crippen molar-refractivity contribution in [3.8, 4) is 0 Å². The van der Waals surface area contributed by atoms with Crippen molar-refractivity contribution in [1.82, 2.24) is 0 Å². The molecule has 0 amide bonds. The summed E-state index contributed by atoms with van der Waals surface area (Å²) in [6.07, 6.45) is 16.3. The number of furan rings is 1. The van der Waals surface area contributed by atoms with Gasteiger partial charge in [0.15, 0.2) is 0 Å². The molecule has 0 N–H and O–H groups in total. The van der Waals surface area contributed by atoms with Gasteiger partial charge in [-0.3, -0.25) is 0 Å². The summed E-state index contributed by atoms with van der Waals surface area (Å²) in [5, 5.41) is 1.29. The highest BCUT2D eigenvalue weighted by molar-refractivity contribution is 7.00. The highest BCUT2D eigenvalue weighted by atomic mass is 16.3. The van der Waals surface area contributed by atoms with E-state index in [-0.39, 0.29) is 44.6 Å². The second kappa shape index (κ2) is 14.1. The van der Waals surface area contributed by atoms with E-state index in [0.29, 0.717) is 5.92 Å². The number of benzene rings is 5. The minimum atomic E-state index is -0.0562. The molecule has 366 valence electrons. The van der Waals surface area contributed by atoms with Gasteiger partial charge >= 0.3 is 0 Å². The molecule has 0 spiro atoms. The third kappa shape index (κ3) is 6.03. The predicted molar refractivity (Wildman–Crippen MR) is 301 cm³/mol. The first kappa shape index (κ1) is 45.0. The summed E-state index contributed by atoms with van der Waals surface area (Å²) >= 11 is 0. The van der Waals surface area contributed by atoms with E-state index in [1.54, 1.807) is 22.3 Å². The van der Waals surface area contributed by atoms with Crippen LogP contribution in [0.5, 0.6) is 0 Å². The Hall–Kier alpha value is -4.70. The van der Waals surface area contributed by atoms with E-state index >= 15 is 0 Å². The summed E-state index contributed by atoms with van der Waals surface area (Å²) in [5.41, 5.74) is 27.4. The lowest BCUT2D eigenvalue weighted by Crippen LogP contribution is -2.61. The maximum absolute atomic E-state index is 7.83. The van der Waals surface area contributed by atoms with Gasteiger partial charge < -0.3 is 14.2 Å². The van der Waals surface area contributed by atoms with E-state index in [1.807, 2.05) is 0 Å². The van der Waals surface area contributed by atoms with Gasteiger partial charge in [-0.1, -0.05) is 108 Å². The second-order valence-electron chi connectivity index (χ2n) is 28.7. The van der Waals surface area contributed by atoms with Crippen LogP contribution in [0.4, 0.5) is 34.1 Å². The normalized spacial score (nSPS) is 29.6. The quantitative estimate of drug-likeness (QED) is 0.161. The maximum atomic E-state index is 7.83. The number of rotatable bonds is 2. The van der Waals surface area contributed by atoms with E-state index in [1.165, 1.54) is 162 Å². The minimum Gasteiger partial charge on any atom is -0.468 e. The second-order valence-corrected chi connectivity index (χ2v) is 28.7. The van der Waals surface area contributed by atoms with Crippen LogP contribution in [0, 0.1) is 12.8 Å². The van der Waals surface area contributed by atoms with Crippen LogP contribution in [-0.4, -0.2) is 6.71 Å². The van der Waals surface area contributed by atoms with Gasteiger partial charge in [0.25, 0.3) is 6.71 Å². The van der Waals surface area contributed by atoms with Gasteiger partial charge in [0, 0.05) is 33.8 Å². The molecule has 8 aliphatic carbocycles. The molecule has 3 atom stereocenters. The molecule has 0 saturated heterocycles. The predicted octanol–water partition coefficient (Wildman–Crippen LogP) is 16.6. The number of fused-ring (bicyclic) bond motifs is 13. The van der Waals surface area contributed by atoms with Gasteiger partial charge in [0.1, 0.15) is 5.58 Å². The maximum Gasteiger partial charge on any atom is 0.297 e. The van der Waals surface area contributed by atoms with Crippen LogP contribution in [0.2, 0.25) is 0 Å². The van der Waals surface area contributed by atoms with Crippen molar-refractivity contribution in [2.75, 3.05) is 9.80 Å². The van der Waals surface area contributed by atoms with Crippen LogP contribution in [-0.2, 0) is 37.9 Å². The lowest BCUT2D eigenvalue weighted by molar-refractivity contribution is 0.248. The van der Waals surface area contributed by atoms with Crippen LogP contribution in [0.15, 0.2) is 77.2 Å². The summed E-state index contributed by atoms with van der Waals surface area (Å²) < 4.78 is 7.83. The van der Waals surface area contributed by atoms with E-state index in [2.05, 4.69) is 173 Å². The van der Waals surface area contributed by atoms with Gasteiger partial charge in [0.05, 0.1) is 11.3 Å². The van der Waals surface area contributed by atoms with Crippen LogP contribution < -0.4 is 26.4 Å². The van der Waals surface area contributed by atoms with E-state index in [4.69, 9.17) is 4.42 Å². The monoisotopic (exact) mass is 939 g/mol. The molecular formula is C67H79BN2O. The Kier molecular flexibility index (Phi) is 8.94. The first-order valence-corrected chi connectivity index (χ1v) is 28.4. The van der Waals surface area contributed by atoms with Crippen molar-refractivity contribution < 1.29 is 4.42 Å². The lowest BCUT2D eigenvalue weighted by atomic mass is 9.35. The molecule has 16 rings (SSSR count). The number of nitrogens with zero attached hydrogens (tertiary/aromatic N) is 2. The minimum absolute atomic E-state index is 0.0562. The molecule has 4 bridgehead atoms. The van der Waals surface area contributed by atoms with Crippen molar-refractivity contribution in [2.45, 2.75) is 217 Å². The summed E-state index contributed by atoms with van der Waals surface area (Å²) in [6, 6.07) is 31.0. The standard InChI is InChI=1S/C67H79BN2O/c1-39-31-55-58-56(32-39)70(43-16-18-47-50(34-43)64(9,10)28-26-62(47,5)6)59-45-35-48-44(40(2)41-19-23-67(48,13)24-20-41)36-57(45)71-60(59)68(58)53-37-51-52(66(12)22-14-21-65(51,11)29-30-66)38-54(53)69(55)42-15-17-46-49(33-42)63(7,8)27-25-61(46,3)4/h15-18,31-38,40-41H,14,19-30H2,1-13H3. The molecular weight excluding hydrogens is 860 g/mol. The van der Waals surface area contributed by atoms with Gasteiger partial charge in [-0.2, -0.15) is 0 Å². The van der Waals surface area contributed by atoms with Crippen molar-refractivity contribution in [2.24, 2.45) is 5.92 Å². The molecule has 6 aromatic rings. The Balaban J connectivity index is 1.10. The topological polar surface area (TPSA) is 19.6 Å². The molecule has 3 unspecified atom stereocenters. The van der Waals surface area contributed by atoms with Crippen LogP contribution in [0.3, 0.4) is 0 Å². The third-order valence-corrected chi connectivity index (χ3v) is 22.3. The molecule has 10 aliphatic rings. The Labute approximate surface area is 426 Å². The molecule has 2 fully saturated rings. The molecule has 0 radical (unpaired) electrons. The SMILES string of the molecule is Cc1cc2c3c(c1)N(c1ccc4c(c1)C(C)(C)CCC4(C)C)c1c(oc4cc5c(cc14)C1(C)CCC(CC1)C5C)B3c1cc3c(cc1N2c1ccc2c(c1)C(C)(C)CCC2(C)C)C1(C)CCCC3(C)CC1. The van der Waals surface area contributed by atoms with E-state index < -0.39 is 0 Å². The Morgan fingerprint density at radius 2 is 1.01 bits per heavy atom. The molecule has 3 nitrogen and oxygen atoms in total. The van der Waals surface area contributed by atoms with Crippen molar-refractivity contribution in [3.05, 3.63) is 123 Å². The summed E-state index contributed by atoms with van der Waals surface area (Å²) in [7, 11) is 0. The molecule has 2 saturated carbocycles. The zero-order valence-corrected chi connectivity index (χ0v) is 45.7. The summed E-state index contributed by atoms with van der Waals surface area (Å²) in [6.45, 7) is 32.5. The third-order valence-electron chi connectivity index (χ3n) is 22.3. The van der Waals surface area contributed by atoms with Crippen molar-refractivity contribution >= 4 is 68.4 Å². The number of aryl methyl sites for hydroxylation is 1. The smallest absolute Gasteiger partial charge is 0.297 e.